The average Bonchev–Trinajstić information content (AvgIpc) is 3.02. The highest BCUT2D eigenvalue weighted by molar-refractivity contribution is 5.76. The van der Waals surface area contributed by atoms with Crippen molar-refractivity contribution in [2.75, 3.05) is 26.3 Å². The molecule has 2 aliphatic heterocycles. The molecule has 0 aliphatic carbocycles. The third-order valence-electron chi connectivity index (χ3n) is 5.56. The lowest BCUT2D eigenvalue weighted by Crippen LogP contribution is -2.44. The number of pyridine rings is 1. The Morgan fingerprint density at radius 2 is 2.12 bits per heavy atom. The van der Waals surface area contributed by atoms with E-state index in [-0.39, 0.29) is 5.92 Å². The van der Waals surface area contributed by atoms with E-state index in [9.17, 15) is 9.90 Å². The van der Waals surface area contributed by atoms with Crippen LogP contribution in [0.1, 0.15) is 12.0 Å². The lowest BCUT2D eigenvalue weighted by molar-refractivity contribution is -0.157. The summed E-state index contributed by atoms with van der Waals surface area (Å²) in [7, 11) is 0. The second-order valence-corrected chi connectivity index (χ2v) is 7.09. The summed E-state index contributed by atoms with van der Waals surface area (Å²) in [5.74, 6) is -0.580. The normalized spacial score (nSPS) is 26.3. The van der Waals surface area contributed by atoms with Crippen LogP contribution in [0.3, 0.4) is 0 Å². The molecular formula is C20H22N2O3. The van der Waals surface area contributed by atoms with Crippen LogP contribution >= 0.6 is 0 Å². The molecule has 2 saturated heterocycles. The van der Waals surface area contributed by atoms with Crippen LogP contribution in [0.5, 0.6) is 0 Å². The molecule has 0 unspecified atom stereocenters. The molecule has 2 aromatic rings. The van der Waals surface area contributed by atoms with Gasteiger partial charge in [0.1, 0.15) is 0 Å². The number of benzene rings is 1. The number of carboxylic acids is 1. The summed E-state index contributed by atoms with van der Waals surface area (Å²) >= 11 is 0. The van der Waals surface area contributed by atoms with Gasteiger partial charge < -0.3 is 9.84 Å². The van der Waals surface area contributed by atoms with Gasteiger partial charge in [-0.2, -0.15) is 0 Å². The van der Waals surface area contributed by atoms with Crippen molar-refractivity contribution < 1.29 is 14.6 Å². The van der Waals surface area contributed by atoms with E-state index in [1.54, 1.807) is 6.20 Å². The molecule has 4 rings (SSSR count). The van der Waals surface area contributed by atoms with Crippen LogP contribution in [0.15, 0.2) is 48.8 Å². The number of nitrogens with zero attached hydrogens (tertiary/aromatic N) is 2. The number of fused-ring (bicyclic) bond motifs is 1. The van der Waals surface area contributed by atoms with E-state index in [0.29, 0.717) is 26.2 Å². The fourth-order valence-electron chi connectivity index (χ4n) is 4.12. The van der Waals surface area contributed by atoms with Gasteiger partial charge in [-0.05, 0) is 29.2 Å². The number of carboxylic acid groups (broad SMARTS) is 1. The molecule has 0 bridgehead atoms. The van der Waals surface area contributed by atoms with Crippen molar-refractivity contribution in [3.05, 3.63) is 54.4 Å². The number of rotatable bonds is 4. The molecule has 0 spiro atoms. The Morgan fingerprint density at radius 3 is 2.80 bits per heavy atom. The maximum Gasteiger partial charge on any atom is 0.311 e. The Morgan fingerprint density at radius 1 is 1.28 bits per heavy atom. The summed E-state index contributed by atoms with van der Waals surface area (Å²) in [4.78, 5) is 18.3. The highest BCUT2D eigenvalue weighted by Gasteiger charge is 2.53. The second-order valence-electron chi connectivity index (χ2n) is 7.09. The van der Waals surface area contributed by atoms with E-state index < -0.39 is 11.4 Å². The topological polar surface area (TPSA) is 62.7 Å². The molecule has 2 fully saturated rings. The average molecular weight is 338 g/mol. The predicted octanol–water partition coefficient (Wildman–Crippen LogP) is 2.67. The maximum atomic E-state index is 11.9. The SMILES string of the molecule is O=C(O)[C@]12CCOC[C@H]1CN(Cc1ccc(-c3cccnc3)cc1)C2. The van der Waals surface area contributed by atoms with E-state index in [0.717, 1.165) is 24.2 Å². The molecule has 5 nitrogen and oxygen atoms in total. The van der Waals surface area contributed by atoms with Gasteiger partial charge in [-0.3, -0.25) is 14.7 Å². The van der Waals surface area contributed by atoms with E-state index >= 15 is 0 Å². The molecule has 2 atom stereocenters. The van der Waals surface area contributed by atoms with Crippen molar-refractivity contribution in [1.82, 2.24) is 9.88 Å². The van der Waals surface area contributed by atoms with Gasteiger partial charge in [-0.1, -0.05) is 30.3 Å². The first-order chi connectivity index (χ1) is 12.2. The number of carbonyl (C=O) groups is 1. The molecule has 0 saturated carbocycles. The zero-order valence-corrected chi connectivity index (χ0v) is 14.1. The van der Waals surface area contributed by atoms with Crippen molar-refractivity contribution in [3.8, 4) is 11.1 Å². The summed E-state index contributed by atoms with van der Waals surface area (Å²) in [5, 5.41) is 9.76. The molecular weight excluding hydrogens is 316 g/mol. The molecule has 1 aromatic carbocycles. The molecule has 0 radical (unpaired) electrons. The van der Waals surface area contributed by atoms with E-state index in [2.05, 4.69) is 34.1 Å². The Bertz CT molecular complexity index is 747. The first kappa shape index (κ1) is 16.2. The first-order valence-corrected chi connectivity index (χ1v) is 8.70. The van der Waals surface area contributed by atoms with Crippen LogP contribution in [-0.2, 0) is 16.1 Å². The number of aliphatic carboxylic acids is 1. The van der Waals surface area contributed by atoms with Crippen LogP contribution in [0.4, 0.5) is 0 Å². The number of aromatic nitrogens is 1. The fraction of sp³-hybridized carbons (Fsp3) is 0.400. The van der Waals surface area contributed by atoms with E-state index in [1.165, 1.54) is 5.56 Å². The van der Waals surface area contributed by atoms with Crippen molar-refractivity contribution in [2.45, 2.75) is 13.0 Å². The van der Waals surface area contributed by atoms with Gasteiger partial charge in [0, 0.05) is 44.6 Å². The fourth-order valence-corrected chi connectivity index (χ4v) is 4.12. The molecule has 0 amide bonds. The highest BCUT2D eigenvalue weighted by atomic mass is 16.5. The minimum Gasteiger partial charge on any atom is -0.481 e. The Labute approximate surface area is 147 Å². The third kappa shape index (κ3) is 3.05. The van der Waals surface area contributed by atoms with Crippen molar-refractivity contribution in [1.29, 1.82) is 0 Å². The largest absolute Gasteiger partial charge is 0.481 e. The zero-order valence-electron chi connectivity index (χ0n) is 14.1. The molecule has 3 heterocycles. The number of likely N-dealkylation sites (tertiary alicyclic amines) is 1. The molecule has 130 valence electrons. The Hall–Kier alpha value is -2.24. The summed E-state index contributed by atoms with van der Waals surface area (Å²) in [5.41, 5.74) is 2.81. The quantitative estimate of drug-likeness (QED) is 0.929. The van der Waals surface area contributed by atoms with Crippen molar-refractivity contribution >= 4 is 5.97 Å². The summed E-state index contributed by atoms with van der Waals surface area (Å²) < 4.78 is 5.53. The summed E-state index contributed by atoms with van der Waals surface area (Å²) in [6.45, 7) is 3.29. The minimum atomic E-state index is -0.671. The third-order valence-corrected chi connectivity index (χ3v) is 5.56. The smallest absolute Gasteiger partial charge is 0.311 e. The van der Waals surface area contributed by atoms with Crippen LogP contribution in [0.2, 0.25) is 0 Å². The highest BCUT2D eigenvalue weighted by Crippen LogP contribution is 2.42. The predicted molar refractivity (Wildman–Crippen MR) is 93.9 cm³/mol. The van der Waals surface area contributed by atoms with Gasteiger partial charge in [0.2, 0.25) is 0 Å². The van der Waals surface area contributed by atoms with Gasteiger partial charge in [0.25, 0.3) is 0 Å². The van der Waals surface area contributed by atoms with Crippen LogP contribution in [-0.4, -0.2) is 47.3 Å². The van der Waals surface area contributed by atoms with Crippen LogP contribution in [0, 0.1) is 11.3 Å². The summed E-state index contributed by atoms with van der Waals surface area (Å²) in [6.07, 6.45) is 4.24. The van der Waals surface area contributed by atoms with Crippen molar-refractivity contribution in [3.63, 3.8) is 0 Å². The lowest BCUT2D eigenvalue weighted by atomic mass is 9.74. The van der Waals surface area contributed by atoms with Gasteiger partial charge >= 0.3 is 5.97 Å². The molecule has 5 heteroatoms. The van der Waals surface area contributed by atoms with Gasteiger partial charge in [0.15, 0.2) is 0 Å². The van der Waals surface area contributed by atoms with Gasteiger partial charge in [0.05, 0.1) is 12.0 Å². The zero-order chi connectivity index (χ0) is 17.3. The Balaban J connectivity index is 1.47. The minimum absolute atomic E-state index is 0.0911. The number of hydrogen-bond acceptors (Lipinski definition) is 4. The Kier molecular flexibility index (Phi) is 4.27. The molecule has 1 aromatic heterocycles. The van der Waals surface area contributed by atoms with Gasteiger partial charge in [-0.15, -0.1) is 0 Å². The number of hydrogen-bond donors (Lipinski definition) is 1. The number of ether oxygens (including phenoxy) is 1. The molecule has 2 aliphatic rings. The molecule has 1 N–H and O–H groups in total. The first-order valence-electron chi connectivity index (χ1n) is 8.70. The van der Waals surface area contributed by atoms with Crippen molar-refractivity contribution in [2.24, 2.45) is 11.3 Å². The standard InChI is InChI=1S/C20H22N2O3/c23-19(24)20-7-9-25-13-18(20)12-22(14-20)11-15-3-5-16(6-4-15)17-2-1-8-21-10-17/h1-6,8,10,18H,7,9,11-14H2,(H,23,24)/t18-,20+/m1/s1. The van der Waals surface area contributed by atoms with Crippen LogP contribution < -0.4 is 0 Å². The van der Waals surface area contributed by atoms with Gasteiger partial charge in [-0.25, -0.2) is 0 Å². The molecule has 25 heavy (non-hydrogen) atoms. The maximum absolute atomic E-state index is 11.9. The second kappa shape index (κ2) is 6.58. The van der Waals surface area contributed by atoms with E-state index in [4.69, 9.17) is 4.74 Å². The van der Waals surface area contributed by atoms with E-state index in [1.807, 2.05) is 18.3 Å². The van der Waals surface area contributed by atoms with Crippen LogP contribution in [0.25, 0.3) is 11.1 Å². The monoisotopic (exact) mass is 338 g/mol. The lowest BCUT2D eigenvalue weighted by Gasteiger charge is -2.34. The summed E-state index contributed by atoms with van der Waals surface area (Å²) in [6, 6.07) is 12.4.